The van der Waals surface area contributed by atoms with Crippen LogP contribution in [-0.4, -0.2) is 30.9 Å². The molecule has 0 bridgehead atoms. The van der Waals surface area contributed by atoms with E-state index < -0.39 is 10.0 Å². The number of nitrogens with zero attached hydrogens (tertiary/aromatic N) is 2. The third-order valence-electron chi connectivity index (χ3n) is 3.32. The molecule has 1 amide bonds. The summed E-state index contributed by atoms with van der Waals surface area (Å²) in [5.74, 6) is -0.351. The van der Waals surface area contributed by atoms with Gasteiger partial charge in [-0.25, -0.2) is 13.1 Å². The molecule has 118 valence electrons. The highest BCUT2D eigenvalue weighted by atomic mass is 32.2. The minimum atomic E-state index is -3.57. The molecule has 1 unspecified atom stereocenters. The Morgan fingerprint density at radius 1 is 1.41 bits per heavy atom. The first-order chi connectivity index (χ1) is 10.3. The molecule has 0 aliphatic heterocycles. The molecule has 0 aliphatic carbocycles. The van der Waals surface area contributed by atoms with E-state index in [0.29, 0.717) is 0 Å². The fraction of sp³-hybridized carbons (Fsp3) is 0.286. The number of carbonyl (C=O) groups excluding carboxylic acids is 1. The number of rotatable bonds is 5. The molecule has 8 heteroatoms. The fourth-order valence-electron chi connectivity index (χ4n) is 2.01. The van der Waals surface area contributed by atoms with Gasteiger partial charge in [0.1, 0.15) is 10.6 Å². The van der Waals surface area contributed by atoms with Gasteiger partial charge in [-0.1, -0.05) is 6.07 Å². The molecule has 0 fully saturated rings. The van der Waals surface area contributed by atoms with Crippen LogP contribution in [0.4, 0.5) is 0 Å². The summed E-state index contributed by atoms with van der Waals surface area (Å²) in [6.45, 7) is 1.84. The van der Waals surface area contributed by atoms with Crippen LogP contribution >= 0.6 is 0 Å². The van der Waals surface area contributed by atoms with Crippen molar-refractivity contribution in [1.29, 1.82) is 0 Å². The van der Waals surface area contributed by atoms with Crippen molar-refractivity contribution in [2.45, 2.75) is 17.9 Å². The van der Waals surface area contributed by atoms with Gasteiger partial charge in [-0.2, -0.15) is 0 Å². The molecule has 2 aromatic heterocycles. The van der Waals surface area contributed by atoms with Crippen LogP contribution in [0.2, 0.25) is 0 Å². The highest BCUT2D eigenvalue weighted by Gasteiger charge is 2.20. The van der Waals surface area contributed by atoms with Gasteiger partial charge in [-0.05, 0) is 31.7 Å². The van der Waals surface area contributed by atoms with E-state index in [1.165, 1.54) is 23.9 Å². The van der Waals surface area contributed by atoms with E-state index in [9.17, 15) is 13.2 Å². The average molecular weight is 322 g/mol. The van der Waals surface area contributed by atoms with E-state index in [2.05, 4.69) is 15.0 Å². The molecule has 0 saturated carbocycles. The van der Waals surface area contributed by atoms with Gasteiger partial charge < -0.3 is 9.88 Å². The Hall–Kier alpha value is -2.19. The summed E-state index contributed by atoms with van der Waals surface area (Å²) in [7, 11) is -0.626. The largest absolute Gasteiger partial charge is 0.345 e. The summed E-state index contributed by atoms with van der Waals surface area (Å²) in [5.41, 5.74) is 1.14. The lowest BCUT2D eigenvalue weighted by Gasteiger charge is -2.14. The SMILES string of the molecule is CNS(=O)(=O)c1cc(C(=O)NC(C)c2cccnc2)n(C)c1. The van der Waals surface area contributed by atoms with Gasteiger partial charge in [0.2, 0.25) is 10.0 Å². The first-order valence-corrected chi connectivity index (χ1v) is 8.14. The van der Waals surface area contributed by atoms with Crippen LogP contribution in [-0.2, 0) is 17.1 Å². The summed E-state index contributed by atoms with van der Waals surface area (Å²) >= 11 is 0. The lowest BCUT2D eigenvalue weighted by Crippen LogP contribution is -2.28. The van der Waals surface area contributed by atoms with Gasteiger partial charge >= 0.3 is 0 Å². The Balaban J connectivity index is 2.20. The first-order valence-electron chi connectivity index (χ1n) is 6.66. The molecule has 0 radical (unpaired) electrons. The third-order valence-corrected chi connectivity index (χ3v) is 4.70. The molecule has 1 atom stereocenters. The zero-order valence-corrected chi connectivity index (χ0v) is 13.4. The second-order valence-electron chi connectivity index (χ2n) is 4.86. The molecule has 0 saturated heterocycles. The number of aryl methyl sites for hydroxylation is 1. The number of sulfonamides is 1. The number of hydrogen-bond acceptors (Lipinski definition) is 4. The maximum absolute atomic E-state index is 12.3. The quantitative estimate of drug-likeness (QED) is 0.852. The maximum Gasteiger partial charge on any atom is 0.268 e. The van der Waals surface area contributed by atoms with Crippen molar-refractivity contribution in [3.05, 3.63) is 48.0 Å². The van der Waals surface area contributed by atoms with Gasteiger partial charge in [0, 0.05) is 25.6 Å². The Kier molecular flexibility index (Phi) is 4.62. The molecule has 7 nitrogen and oxygen atoms in total. The van der Waals surface area contributed by atoms with Gasteiger partial charge in [0.25, 0.3) is 5.91 Å². The molecule has 2 rings (SSSR count). The van der Waals surface area contributed by atoms with Crippen molar-refractivity contribution in [2.75, 3.05) is 7.05 Å². The van der Waals surface area contributed by atoms with Crippen LogP contribution in [0.5, 0.6) is 0 Å². The monoisotopic (exact) mass is 322 g/mol. The van der Waals surface area contributed by atoms with E-state index in [1.807, 2.05) is 13.0 Å². The van der Waals surface area contributed by atoms with Crippen LogP contribution in [0, 0.1) is 0 Å². The lowest BCUT2D eigenvalue weighted by molar-refractivity contribution is 0.0931. The number of hydrogen-bond donors (Lipinski definition) is 2. The van der Waals surface area contributed by atoms with E-state index in [1.54, 1.807) is 25.5 Å². The van der Waals surface area contributed by atoms with E-state index in [0.717, 1.165) is 5.56 Å². The zero-order chi connectivity index (χ0) is 16.3. The summed E-state index contributed by atoms with van der Waals surface area (Å²) in [6.07, 6.45) is 4.73. The minimum Gasteiger partial charge on any atom is -0.345 e. The lowest BCUT2D eigenvalue weighted by atomic mass is 10.1. The second kappa shape index (κ2) is 6.29. The molecule has 22 heavy (non-hydrogen) atoms. The topological polar surface area (TPSA) is 93.1 Å². The van der Waals surface area contributed by atoms with Crippen molar-refractivity contribution in [2.24, 2.45) is 7.05 Å². The summed E-state index contributed by atoms with van der Waals surface area (Å²) in [6, 6.07) is 4.76. The van der Waals surface area contributed by atoms with Gasteiger partial charge in [0.05, 0.1) is 6.04 Å². The van der Waals surface area contributed by atoms with Gasteiger partial charge in [0.15, 0.2) is 0 Å². The molecular formula is C14H18N4O3S. The number of pyridine rings is 1. The van der Waals surface area contributed by atoms with Crippen molar-refractivity contribution in [3.63, 3.8) is 0 Å². The van der Waals surface area contributed by atoms with E-state index in [4.69, 9.17) is 0 Å². The number of aromatic nitrogens is 2. The molecule has 0 aromatic carbocycles. The summed E-state index contributed by atoms with van der Waals surface area (Å²) in [5, 5.41) is 2.82. The second-order valence-corrected chi connectivity index (χ2v) is 6.75. The van der Waals surface area contributed by atoms with Crippen LogP contribution in [0.1, 0.15) is 29.0 Å². The fourth-order valence-corrected chi connectivity index (χ4v) is 2.81. The predicted molar refractivity (Wildman–Crippen MR) is 81.8 cm³/mol. The summed E-state index contributed by atoms with van der Waals surface area (Å²) < 4.78 is 27.2. The number of amides is 1. The molecule has 2 N–H and O–H groups in total. The maximum atomic E-state index is 12.3. The van der Waals surface area contributed by atoms with Gasteiger partial charge in [-0.15, -0.1) is 0 Å². The molecule has 0 aliphatic rings. The Labute approximate surface area is 129 Å². The molecular weight excluding hydrogens is 304 g/mol. The van der Waals surface area contributed by atoms with Crippen molar-refractivity contribution >= 4 is 15.9 Å². The van der Waals surface area contributed by atoms with Crippen molar-refractivity contribution in [1.82, 2.24) is 19.6 Å². The van der Waals surface area contributed by atoms with Crippen LogP contribution in [0.25, 0.3) is 0 Å². The number of carbonyl (C=O) groups is 1. The third kappa shape index (κ3) is 3.34. The van der Waals surface area contributed by atoms with Crippen molar-refractivity contribution < 1.29 is 13.2 Å². The number of nitrogens with one attached hydrogen (secondary N) is 2. The predicted octanol–water partition coefficient (Wildman–Crippen LogP) is 0.819. The van der Waals surface area contributed by atoms with E-state index in [-0.39, 0.29) is 22.5 Å². The molecule has 2 heterocycles. The highest BCUT2D eigenvalue weighted by Crippen LogP contribution is 2.15. The smallest absolute Gasteiger partial charge is 0.268 e. The van der Waals surface area contributed by atoms with Crippen LogP contribution < -0.4 is 10.0 Å². The molecule has 2 aromatic rings. The summed E-state index contributed by atoms with van der Waals surface area (Å²) in [4.78, 5) is 16.4. The first kappa shape index (κ1) is 16.2. The Bertz CT molecular complexity index is 769. The Morgan fingerprint density at radius 3 is 2.73 bits per heavy atom. The molecule has 0 spiro atoms. The minimum absolute atomic E-state index is 0.0525. The Morgan fingerprint density at radius 2 is 2.14 bits per heavy atom. The average Bonchev–Trinajstić information content (AvgIpc) is 2.91. The van der Waals surface area contributed by atoms with Crippen molar-refractivity contribution in [3.8, 4) is 0 Å². The van der Waals surface area contributed by atoms with Crippen LogP contribution in [0.15, 0.2) is 41.7 Å². The van der Waals surface area contributed by atoms with Gasteiger partial charge in [-0.3, -0.25) is 9.78 Å². The van der Waals surface area contributed by atoms with Crippen LogP contribution in [0.3, 0.4) is 0 Å². The highest BCUT2D eigenvalue weighted by molar-refractivity contribution is 7.89. The standard InChI is InChI=1S/C14H18N4O3S/c1-10(11-5-4-6-16-8-11)17-14(19)13-7-12(9-18(13)3)22(20,21)15-2/h4-10,15H,1-3H3,(H,17,19). The normalized spacial score (nSPS) is 12.9. The van der Waals surface area contributed by atoms with E-state index >= 15 is 0 Å². The zero-order valence-electron chi connectivity index (χ0n) is 12.6.